The van der Waals surface area contributed by atoms with Crippen LogP contribution in [0.25, 0.3) is 0 Å². The van der Waals surface area contributed by atoms with Crippen LogP contribution in [0.3, 0.4) is 0 Å². The van der Waals surface area contributed by atoms with Crippen LogP contribution < -0.4 is 15.5 Å². The number of nitrogens with one attached hydrogen (secondary N) is 2. The van der Waals surface area contributed by atoms with E-state index in [-0.39, 0.29) is 34.9 Å². The first kappa shape index (κ1) is 21.6. The third-order valence-corrected chi connectivity index (χ3v) is 6.75. The molecule has 1 atom stereocenters. The number of hydrogen-bond donors (Lipinski definition) is 3. The van der Waals surface area contributed by atoms with Crippen molar-refractivity contribution in [3.8, 4) is 5.75 Å². The molecule has 0 saturated heterocycles. The highest BCUT2D eigenvalue weighted by Crippen LogP contribution is 2.32. The molecule has 0 spiro atoms. The number of hydrogen-bond acceptors (Lipinski definition) is 7. The molecule has 2 aromatic rings. The topological polar surface area (TPSA) is 121 Å². The number of benzene rings is 1. The first-order chi connectivity index (χ1) is 13.7. The molecule has 0 saturated carbocycles. The lowest BCUT2D eigenvalue weighted by atomic mass is 10.2. The Balaban J connectivity index is 1.84. The maximum Gasteiger partial charge on any atom is 0.261 e. The SMILES string of the molecule is CC(C(=O)NO)N1CCNc2cc(OCc3cc(Cl)nc(Cl)c3)ccc2S1(=O)=O. The van der Waals surface area contributed by atoms with Crippen molar-refractivity contribution in [3.05, 3.63) is 46.2 Å². The summed E-state index contributed by atoms with van der Waals surface area (Å²) in [6, 6.07) is 6.65. The van der Waals surface area contributed by atoms with Gasteiger partial charge in [0.15, 0.2) is 0 Å². The minimum atomic E-state index is -3.97. The molecule has 156 valence electrons. The molecule has 12 heteroatoms. The van der Waals surface area contributed by atoms with Gasteiger partial charge in [0.25, 0.3) is 5.91 Å². The molecule has 0 bridgehead atoms. The average Bonchev–Trinajstić information content (AvgIpc) is 2.80. The summed E-state index contributed by atoms with van der Waals surface area (Å²) >= 11 is 11.7. The molecule has 0 aliphatic carbocycles. The quantitative estimate of drug-likeness (QED) is 0.355. The van der Waals surface area contributed by atoms with Crippen LogP contribution in [0.2, 0.25) is 10.3 Å². The Morgan fingerprint density at radius 3 is 2.69 bits per heavy atom. The summed E-state index contributed by atoms with van der Waals surface area (Å²) in [5.74, 6) is -0.378. The van der Waals surface area contributed by atoms with Crippen LogP contribution in [-0.4, -0.2) is 48.0 Å². The third kappa shape index (κ3) is 4.73. The summed E-state index contributed by atoms with van der Waals surface area (Å²) in [6.45, 7) is 1.88. The van der Waals surface area contributed by atoms with Crippen LogP contribution in [0.1, 0.15) is 12.5 Å². The molecule has 1 aromatic heterocycles. The number of halogens is 2. The molecule has 1 unspecified atom stereocenters. The van der Waals surface area contributed by atoms with Gasteiger partial charge in [-0.2, -0.15) is 4.31 Å². The second kappa shape index (κ2) is 8.72. The number of carbonyl (C=O) groups excluding carboxylic acids is 1. The van der Waals surface area contributed by atoms with Gasteiger partial charge in [0, 0.05) is 19.2 Å². The molecular weight excluding hydrogens is 443 g/mol. The highest BCUT2D eigenvalue weighted by molar-refractivity contribution is 7.89. The summed E-state index contributed by atoms with van der Waals surface area (Å²) in [7, 11) is -3.97. The smallest absolute Gasteiger partial charge is 0.261 e. The second-order valence-electron chi connectivity index (χ2n) is 6.26. The van der Waals surface area contributed by atoms with Crippen LogP contribution in [0.4, 0.5) is 5.69 Å². The normalized spacial score (nSPS) is 16.8. The number of sulfonamides is 1. The lowest BCUT2D eigenvalue weighted by Gasteiger charge is -2.24. The predicted molar refractivity (Wildman–Crippen MR) is 107 cm³/mol. The van der Waals surface area contributed by atoms with Gasteiger partial charge in [-0.3, -0.25) is 10.0 Å². The van der Waals surface area contributed by atoms with Crippen molar-refractivity contribution in [3.63, 3.8) is 0 Å². The number of carbonyl (C=O) groups is 1. The Labute approximate surface area is 177 Å². The van der Waals surface area contributed by atoms with Crippen LogP contribution >= 0.6 is 23.2 Å². The van der Waals surface area contributed by atoms with Crippen molar-refractivity contribution >= 4 is 44.8 Å². The Morgan fingerprint density at radius 1 is 1.34 bits per heavy atom. The number of amides is 1. The minimum Gasteiger partial charge on any atom is -0.489 e. The van der Waals surface area contributed by atoms with E-state index in [0.29, 0.717) is 17.0 Å². The fourth-order valence-corrected chi connectivity index (χ4v) is 5.15. The summed E-state index contributed by atoms with van der Waals surface area (Å²) in [5, 5.41) is 12.3. The molecule has 3 N–H and O–H groups in total. The molecule has 0 radical (unpaired) electrons. The predicted octanol–water partition coefficient (Wildman–Crippen LogP) is 2.28. The summed E-state index contributed by atoms with van der Waals surface area (Å²) in [5.41, 5.74) is 2.55. The van der Waals surface area contributed by atoms with Gasteiger partial charge in [-0.1, -0.05) is 23.2 Å². The molecule has 9 nitrogen and oxygen atoms in total. The Bertz CT molecular complexity index is 1010. The van der Waals surface area contributed by atoms with E-state index >= 15 is 0 Å². The number of fused-ring (bicyclic) bond motifs is 1. The van der Waals surface area contributed by atoms with Crippen LogP contribution in [0.15, 0.2) is 35.2 Å². The summed E-state index contributed by atoms with van der Waals surface area (Å²) in [6.07, 6.45) is 0. The molecule has 1 amide bonds. The largest absolute Gasteiger partial charge is 0.489 e. The zero-order valence-corrected chi connectivity index (χ0v) is 17.6. The lowest BCUT2D eigenvalue weighted by molar-refractivity contribution is -0.132. The monoisotopic (exact) mass is 460 g/mol. The zero-order chi connectivity index (χ0) is 21.2. The highest BCUT2D eigenvalue weighted by atomic mass is 35.5. The van der Waals surface area contributed by atoms with Crippen LogP contribution in [0.5, 0.6) is 5.75 Å². The van der Waals surface area contributed by atoms with Crippen molar-refractivity contribution in [2.24, 2.45) is 0 Å². The number of ether oxygens (including phenoxy) is 1. The fourth-order valence-electron chi connectivity index (χ4n) is 2.90. The van der Waals surface area contributed by atoms with E-state index in [2.05, 4.69) is 10.3 Å². The van der Waals surface area contributed by atoms with Gasteiger partial charge in [-0.05, 0) is 36.8 Å². The van der Waals surface area contributed by atoms with Gasteiger partial charge in [-0.15, -0.1) is 0 Å². The Morgan fingerprint density at radius 2 is 2.03 bits per heavy atom. The van der Waals surface area contributed by atoms with E-state index in [9.17, 15) is 13.2 Å². The van der Waals surface area contributed by atoms with Crippen molar-refractivity contribution in [2.75, 3.05) is 18.4 Å². The number of rotatable bonds is 5. The first-order valence-electron chi connectivity index (χ1n) is 8.51. The van der Waals surface area contributed by atoms with Gasteiger partial charge >= 0.3 is 0 Å². The van der Waals surface area contributed by atoms with Crippen molar-refractivity contribution in [2.45, 2.75) is 24.5 Å². The maximum absolute atomic E-state index is 13.0. The number of pyridine rings is 1. The fraction of sp³-hybridized carbons (Fsp3) is 0.294. The summed E-state index contributed by atoms with van der Waals surface area (Å²) in [4.78, 5) is 15.6. The van der Waals surface area contributed by atoms with Gasteiger partial charge in [0.1, 0.15) is 33.6 Å². The van der Waals surface area contributed by atoms with E-state index in [1.54, 1.807) is 18.2 Å². The van der Waals surface area contributed by atoms with E-state index in [1.165, 1.54) is 24.5 Å². The van der Waals surface area contributed by atoms with Gasteiger partial charge in [0.05, 0.1) is 5.69 Å². The Hall–Kier alpha value is -2.11. The Kier molecular flexibility index (Phi) is 6.49. The average molecular weight is 461 g/mol. The van der Waals surface area contributed by atoms with E-state index in [0.717, 1.165) is 4.31 Å². The van der Waals surface area contributed by atoms with Crippen molar-refractivity contribution in [1.29, 1.82) is 0 Å². The van der Waals surface area contributed by atoms with Gasteiger partial charge in [-0.25, -0.2) is 18.9 Å². The number of nitrogens with zero attached hydrogens (tertiary/aromatic N) is 2. The third-order valence-electron chi connectivity index (χ3n) is 4.34. The molecular formula is C17H18Cl2N4O5S. The molecule has 1 aliphatic heterocycles. The van der Waals surface area contributed by atoms with Crippen LogP contribution in [0, 0.1) is 0 Å². The van der Waals surface area contributed by atoms with E-state index in [4.69, 9.17) is 33.1 Å². The maximum atomic E-state index is 13.0. The molecule has 3 rings (SSSR count). The lowest BCUT2D eigenvalue weighted by Crippen LogP contribution is -2.47. The standard InChI is InChI=1S/C17H18Cl2N4O5S/c1-10(17(24)22-25)23-5-4-20-13-8-12(2-3-14(13)29(23,26)27)28-9-11-6-15(18)21-16(19)7-11/h2-3,6-8,10,20,25H,4-5,9H2,1H3,(H,22,24). The number of anilines is 1. The second-order valence-corrected chi connectivity index (χ2v) is 8.90. The zero-order valence-electron chi connectivity index (χ0n) is 15.2. The van der Waals surface area contributed by atoms with E-state index < -0.39 is 22.0 Å². The minimum absolute atomic E-state index is 0.00920. The van der Waals surface area contributed by atoms with Gasteiger partial charge in [0.2, 0.25) is 10.0 Å². The molecule has 1 aliphatic rings. The highest BCUT2D eigenvalue weighted by Gasteiger charge is 2.36. The first-order valence-corrected chi connectivity index (χ1v) is 10.7. The van der Waals surface area contributed by atoms with Crippen molar-refractivity contribution < 1.29 is 23.2 Å². The number of hydroxylamine groups is 1. The molecule has 1 aromatic carbocycles. The van der Waals surface area contributed by atoms with Crippen molar-refractivity contribution in [1.82, 2.24) is 14.8 Å². The number of aromatic nitrogens is 1. The molecule has 2 heterocycles. The molecule has 0 fully saturated rings. The van der Waals surface area contributed by atoms with Gasteiger partial charge < -0.3 is 10.1 Å². The van der Waals surface area contributed by atoms with E-state index in [1.807, 2.05) is 0 Å². The summed E-state index contributed by atoms with van der Waals surface area (Å²) < 4.78 is 32.7. The molecule has 29 heavy (non-hydrogen) atoms. The van der Waals surface area contributed by atoms with Crippen LogP contribution in [-0.2, 0) is 21.4 Å².